The molecule has 1 N–H and O–H groups in total. The van der Waals surface area contributed by atoms with Gasteiger partial charge in [0.05, 0.1) is 0 Å². The fourth-order valence-corrected chi connectivity index (χ4v) is 1.63. The molecule has 0 radical (unpaired) electrons. The third kappa shape index (κ3) is 2.01. The van der Waals surface area contributed by atoms with Gasteiger partial charge in [-0.2, -0.15) is 0 Å². The van der Waals surface area contributed by atoms with E-state index in [-0.39, 0.29) is 30.4 Å². The van der Waals surface area contributed by atoms with Gasteiger partial charge in [0.1, 0.15) is 0 Å². The molecule has 4 nitrogen and oxygen atoms in total. The molecule has 2 amide bonds. The van der Waals surface area contributed by atoms with Crippen molar-refractivity contribution in [2.24, 2.45) is 5.92 Å². The van der Waals surface area contributed by atoms with E-state index in [0.717, 1.165) is 0 Å². The van der Waals surface area contributed by atoms with Gasteiger partial charge < -0.3 is 5.11 Å². The molecule has 78 valence electrons. The Labute approximate surface area is 83.2 Å². The molecule has 0 aromatic carbocycles. The summed E-state index contributed by atoms with van der Waals surface area (Å²) in [6, 6.07) is -0.199. The van der Waals surface area contributed by atoms with Crippen LogP contribution >= 0.6 is 0 Å². The first-order valence-electron chi connectivity index (χ1n) is 4.74. The van der Waals surface area contributed by atoms with Gasteiger partial charge in [-0.3, -0.25) is 14.5 Å². The highest BCUT2D eigenvalue weighted by Crippen LogP contribution is 2.18. The predicted molar refractivity (Wildman–Crippen MR) is 51.3 cm³/mol. The zero-order chi connectivity index (χ0) is 10.7. The van der Waals surface area contributed by atoms with Gasteiger partial charge in [0.15, 0.2) is 0 Å². The van der Waals surface area contributed by atoms with Crippen LogP contribution in [0.15, 0.2) is 12.2 Å². The van der Waals surface area contributed by atoms with Gasteiger partial charge in [0.25, 0.3) is 11.8 Å². The molecule has 14 heavy (non-hydrogen) atoms. The molecular formula is C10H15NO3. The number of imide groups is 1. The molecule has 0 saturated carbocycles. The van der Waals surface area contributed by atoms with Crippen molar-refractivity contribution in [3.63, 3.8) is 0 Å². The van der Waals surface area contributed by atoms with Crippen molar-refractivity contribution in [3.05, 3.63) is 12.2 Å². The maximum absolute atomic E-state index is 11.3. The average Bonchev–Trinajstić information content (AvgIpc) is 2.43. The minimum Gasteiger partial charge on any atom is -0.396 e. The molecule has 4 heteroatoms. The molecule has 0 bridgehead atoms. The fourth-order valence-electron chi connectivity index (χ4n) is 1.63. The summed E-state index contributed by atoms with van der Waals surface area (Å²) in [4.78, 5) is 23.9. The molecule has 1 unspecified atom stereocenters. The summed E-state index contributed by atoms with van der Waals surface area (Å²) in [5.41, 5.74) is 0. The number of aliphatic hydroxyl groups is 1. The van der Waals surface area contributed by atoms with Gasteiger partial charge in [-0.15, -0.1) is 0 Å². The molecule has 0 spiro atoms. The molecule has 1 aliphatic rings. The van der Waals surface area contributed by atoms with Crippen LogP contribution in [0.1, 0.15) is 20.3 Å². The van der Waals surface area contributed by atoms with Crippen molar-refractivity contribution >= 4 is 11.8 Å². The first-order chi connectivity index (χ1) is 6.57. The SMILES string of the molecule is CC(C)C(CCO)N1C(=O)C=CC1=O. The van der Waals surface area contributed by atoms with Crippen molar-refractivity contribution in [3.8, 4) is 0 Å². The molecule has 1 atom stereocenters. The lowest BCUT2D eigenvalue weighted by molar-refractivity contribution is -0.140. The largest absolute Gasteiger partial charge is 0.396 e. The zero-order valence-electron chi connectivity index (χ0n) is 8.43. The Morgan fingerprint density at radius 1 is 1.29 bits per heavy atom. The third-order valence-corrected chi connectivity index (χ3v) is 2.37. The number of nitrogens with zero attached hydrogens (tertiary/aromatic N) is 1. The van der Waals surface area contributed by atoms with Gasteiger partial charge >= 0.3 is 0 Å². The zero-order valence-corrected chi connectivity index (χ0v) is 8.43. The van der Waals surface area contributed by atoms with Crippen LogP contribution in [-0.2, 0) is 9.59 Å². The van der Waals surface area contributed by atoms with Crippen molar-refractivity contribution in [1.29, 1.82) is 0 Å². The lowest BCUT2D eigenvalue weighted by atomic mass is 9.99. The van der Waals surface area contributed by atoms with Crippen molar-refractivity contribution in [2.75, 3.05) is 6.61 Å². The minimum atomic E-state index is -0.276. The number of hydrogen-bond acceptors (Lipinski definition) is 3. The van der Waals surface area contributed by atoms with E-state index in [1.807, 2.05) is 13.8 Å². The summed E-state index contributed by atoms with van der Waals surface area (Å²) in [5, 5.41) is 8.85. The topological polar surface area (TPSA) is 57.6 Å². The van der Waals surface area contributed by atoms with Crippen molar-refractivity contribution in [2.45, 2.75) is 26.3 Å². The molecule has 0 aliphatic carbocycles. The molecule has 1 aliphatic heterocycles. The molecular weight excluding hydrogens is 182 g/mol. The third-order valence-electron chi connectivity index (χ3n) is 2.37. The van der Waals surface area contributed by atoms with Crippen LogP contribution in [0.4, 0.5) is 0 Å². The first-order valence-corrected chi connectivity index (χ1v) is 4.74. The monoisotopic (exact) mass is 197 g/mol. The molecule has 1 rings (SSSR count). The number of hydrogen-bond donors (Lipinski definition) is 1. The Morgan fingerprint density at radius 2 is 1.79 bits per heavy atom. The van der Waals surface area contributed by atoms with E-state index in [0.29, 0.717) is 6.42 Å². The fraction of sp³-hybridized carbons (Fsp3) is 0.600. The Balaban J connectivity index is 2.78. The minimum absolute atomic E-state index is 0.0140. The standard InChI is InChI=1S/C10H15NO3/c1-7(2)8(5-6-12)11-9(13)3-4-10(11)14/h3-4,7-8,12H,5-6H2,1-2H3. The van der Waals surface area contributed by atoms with Gasteiger partial charge in [0, 0.05) is 24.8 Å². The summed E-state index contributed by atoms with van der Waals surface area (Å²) in [7, 11) is 0. The Morgan fingerprint density at radius 3 is 2.14 bits per heavy atom. The maximum Gasteiger partial charge on any atom is 0.253 e. The van der Waals surface area contributed by atoms with Crippen LogP contribution in [-0.4, -0.2) is 34.5 Å². The second-order valence-electron chi connectivity index (χ2n) is 3.70. The van der Waals surface area contributed by atoms with Crippen molar-refractivity contribution < 1.29 is 14.7 Å². The normalized spacial score (nSPS) is 18.4. The number of aliphatic hydroxyl groups excluding tert-OH is 1. The molecule has 0 saturated heterocycles. The number of amides is 2. The van der Waals surface area contributed by atoms with E-state index < -0.39 is 0 Å². The highest BCUT2D eigenvalue weighted by atomic mass is 16.3. The van der Waals surface area contributed by atoms with Crippen LogP contribution in [0.2, 0.25) is 0 Å². The number of carbonyl (C=O) groups is 2. The average molecular weight is 197 g/mol. The highest BCUT2D eigenvalue weighted by molar-refractivity contribution is 6.13. The van der Waals surface area contributed by atoms with Crippen LogP contribution < -0.4 is 0 Å². The van der Waals surface area contributed by atoms with E-state index >= 15 is 0 Å². The Kier molecular flexibility index (Phi) is 3.41. The van der Waals surface area contributed by atoms with E-state index in [4.69, 9.17) is 5.11 Å². The second-order valence-corrected chi connectivity index (χ2v) is 3.70. The van der Waals surface area contributed by atoms with E-state index in [1.54, 1.807) is 0 Å². The second kappa shape index (κ2) is 4.37. The summed E-state index contributed by atoms with van der Waals surface area (Å²) in [5.74, 6) is -0.390. The van der Waals surface area contributed by atoms with E-state index in [2.05, 4.69) is 0 Å². The van der Waals surface area contributed by atoms with Gasteiger partial charge in [-0.05, 0) is 12.3 Å². The van der Waals surface area contributed by atoms with Crippen LogP contribution in [0.25, 0.3) is 0 Å². The van der Waals surface area contributed by atoms with Gasteiger partial charge in [0.2, 0.25) is 0 Å². The predicted octanol–water partition coefficient (Wildman–Crippen LogP) is 0.318. The van der Waals surface area contributed by atoms with Gasteiger partial charge in [-0.25, -0.2) is 0 Å². The maximum atomic E-state index is 11.3. The van der Waals surface area contributed by atoms with Gasteiger partial charge in [-0.1, -0.05) is 13.8 Å². The summed E-state index contributed by atoms with van der Waals surface area (Å²) < 4.78 is 0. The summed E-state index contributed by atoms with van der Waals surface area (Å²) in [6.45, 7) is 3.85. The molecule has 0 fully saturated rings. The highest BCUT2D eigenvalue weighted by Gasteiger charge is 2.32. The van der Waals surface area contributed by atoms with Crippen LogP contribution in [0.5, 0.6) is 0 Å². The first kappa shape index (κ1) is 10.9. The van der Waals surface area contributed by atoms with Crippen LogP contribution in [0, 0.1) is 5.92 Å². The Bertz CT molecular complexity index is 253. The lowest BCUT2D eigenvalue weighted by Crippen LogP contribution is -2.43. The number of rotatable bonds is 4. The lowest BCUT2D eigenvalue weighted by Gasteiger charge is -2.28. The molecule has 0 aromatic rings. The Hall–Kier alpha value is -1.16. The summed E-state index contributed by atoms with van der Waals surface area (Å²) >= 11 is 0. The smallest absolute Gasteiger partial charge is 0.253 e. The van der Waals surface area contributed by atoms with E-state index in [9.17, 15) is 9.59 Å². The quantitative estimate of drug-likeness (QED) is 0.660. The number of carbonyl (C=O) groups excluding carboxylic acids is 2. The summed E-state index contributed by atoms with van der Waals surface area (Å²) in [6.07, 6.45) is 2.99. The van der Waals surface area contributed by atoms with Crippen LogP contribution in [0.3, 0.4) is 0 Å². The molecule has 0 aromatic heterocycles. The van der Waals surface area contributed by atoms with Crippen molar-refractivity contribution in [1.82, 2.24) is 4.90 Å². The van der Waals surface area contributed by atoms with E-state index in [1.165, 1.54) is 17.1 Å². The molecule has 1 heterocycles.